The zero-order valence-electron chi connectivity index (χ0n) is 24.9. The number of rotatable bonds is 4. The van der Waals surface area contributed by atoms with Gasteiger partial charge in [-0.3, -0.25) is 0 Å². The highest BCUT2D eigenvalue weighted by atomic mass is 16.5. The van der Waals surface area contributed by atoms with E-state index in [0.717, 1.165) is 66.5 Å². The molecule has 0 radical (unpaired) electrons. The van der Waals surface area contributed by atoms with Crippen LogP contribution in [0, 0.1) is 0 Å². The van der Waals surface area contributed by atoms with E-state index in [0.29, 0.717) is 11.6 Å². The van der Waals surface area contributed by atoms with Gasteiger partial charge >= 0.3 is 0 Å². The van der Waals surface area contributed by atoms with Crippen molar-refractivity contribution in [2.75, 3.05) is 0 Å². The maximum Gasteiger partial charge on any atom is 0.228 e. The number of hydrogen-bond donors (Lipinski definition) is 0. The van der Waals surface area contributed by atoms with E-state index in [9.17, 15) is 0 Å². The van der Waals surface area contributed by atoms with E-state index in [2.05, 4.69) is 120 Å². The number of furan rings is 1. The van der Waals surface area contributed by atoms with Crippen LogP contribution in [0.3, 0.4) is 0 Å². The van der Waals surface area contributed by atoms with Crippen molar-refractivity contribution in [1.82, 2.24) is 9.97 Å². The lowest BCUT2D eigenvalue weighted by Crippen LogP contribution is -2.14. The lowest BCUT2D eigenvalue weighted by molar-refractivity contribution is 0.438. The average molecular weight is 551 g/mol. The third-order valence-electron chi connectivity index (χ3n) is 8.02. The van der Waals surface area contributed by atoms with Gasteiger partial charge in [0.15, 0.2) is 0 Å². The molecule has 0 aliphatic rings. The van der Waals surface area contributed by atoms with Crippen molar-refractivity contribution in [3.63, 3.8) is 0 Å². The maximum atomic E-state index is 6.72. The molecule has 0 amide bonds. The van der Waals surface area contributed by atoms with Crippen LogP contribution >= 0.6 is 0 Å². The molecule has 0 aliphatic carbocycles. The van der Waals surface area contributed by atoms with E-state index in [1.807, 2.05) is 18.2 Å². The zero-order chi connectivity index (χ0) is 29.2. The van der Waals surface area contributed by atoms with Gasteiger partial charge in [-0.05, 0) is 62.6 Å². The fourth-order valence-corrected chi connectivity index (χ4v) is 5.72. The Morgan fingerprint density at radius 2 is 1.36 bits per heavy atom. The third kappa shape index (κ3) is 4.57. The van der Waals surface area contributed by atoms with Gasteiger partial charge in [0.1, 0.15) is 11.3 Å². The first-order valence-corrected chi connectivity index (χ1v) is 14.5. The van der Waals surface area contributed by atoms with Gasteiger partial charge < -0.3 is 9.15 Å². The lowest BCUT2D eigenvalue weighted by Gasteiger charge is -2.24. The second-order valence-electron chi connectivity index (χ2n) is 13.2. The Morgan fingerprint density at radius 1 is 0.595 bits per heavy atom. The minimum Gasteiger partial charge on any atom is -0.439 e. The summed E-state index contributed by atoms with van der Waals surface area (Å²) in [5.41, 5.74) is 7.26. The summed E-state index contributed by atoms with van der Waals surface area (Å²) in [6, 6.07) is 33.6. The molecule has 0 aliphatic heterocycles. The summed E-state index contributed by atoms with van der Waals surface area (Å²) in [4.78, 5) is 10.0. The first-order chi connectivity index (χ1) is 20.0. The standard InChI is InChI=1S/C38H34N2O2/c1-37(2,3)27-21-30(29-19-26-16-15-24-13-10-14-31-34(24)35(26)36(40-29)42-31)39-33(22-27)41-32-20-25(23-11-8-7-9-12-23)17-18-28(32)38(4,5)6/h7-22H,1-6H3. The summed E-state index contributed by atoms with van der Waals surface area (Å²) >= 11 is 0. The number of hydrogen-bond acceptors (Lipinski definition) is 4. The Labute approximate surface area is 246 Å². The van der Waals surface area contributed by atoms with Gasteiger partial charge in [-0.1, -0.05) is 108 Å². The minimum absolute atomic E-state index is 0.114. The predicted molar refractivity (Wildman–Crippen MR) is 173 cm³/mol. The van der Waals surface area contributed by atoms with E-state index in [4.69, 9.17) is 19.1 Å². The van der Waals surface area contributed by atoms with Crippen molar-refractivity contribution in [1.29, 1.82) is 0 Å². The van der Waals surface area contributed by atoms with Gasteiger partial charge in [0.25, 0.3) is 0 Å². The van der Waals surface area contributed by atoms with Crippen LogP contribution in [0.1, 0.15) is 52.7 Å². The number of ether oxygens (including phenoxy) is 1. The molecule has 7 rings (SSSR count). The molecule has 4 aromatic carbocycles. The molecule has 3 aromatic heterocycles. The van der Waals surface area contributed by atoms with Crippen molar-refractivity contribution >= 4 is 32.8 Å². The van der Waals surface area contributed by atoms with E-state index in [1.54, 1.807) is 0 Å². The molecule has 0 atom stereocenters. The summed E-state index contributed by atoms with van der Waals surface area (Å²) in [6.07, 6.45) is 0. The van der Waals surface area contributed by atoms with Crippen LogP contribution in [0.25, 0.3) is 55.4 Å². The molecule has 0 N–H and O–H groups in total. The highest BCUT2D eigenvalue weighted by Crippen LogP contribution is 2.40. The highest BCUT2D eigenvalue weighted by molar-refractivity contribution is 6.21. The maximum absolute atomic E-state index is 6.72. The largest absolute Gasteiger partial charge is 0.439 e. The van der Waals surface area contributed by atoms with Crippen molar-refractivity contribution in [2.45, 2.75) is 52.4 Å². The second-order valence-corrected chi connectivity index (χ2v) is 13.2. The molecule has 4 nitrogen and oxygen atoms in total. The van der Waals surface area contributed by atoms with Gasteiger partial charge in [-0.2, -0.15) is 0 Å². The fourth-order valence-electron chi connectivity index (χ4n) is 5.72. The van der Waals surface area contributed by atoms with E-state index in [1.165, 1.54) is 0 Å². The number of aromatic nitrogens is 2. The quantitative estimate of drug-likeness (QED) is 0.205. The summed E-state index contributed by atoms with van der Waals surface area (Å²) in [5.74, 6) is 1.35. The molecular formula is C38H34N2O2. The minimum atomic E-state index is -0.124. The molecule has 7 aromatic rings. The van der Waals surface area contributed by atoms with Crippen LogP contribution in [0.2, 0.25) is 0 Å². The molecule has 0 saturated heterocycles. The molecule has 42 heavy (non-hydrogen) atoms. The Bertz CT molecular complexity index is 2080. The fraction of sp³-hybridized carbons (Fsp3) is 0.211. The Kier molecular flexibility index (Phi) is 5.88. The molecular weight excluding hydrogens is 516 g/mol. The van der Waals surface area contributed by atoms with Crippen molar-refractivity contribution in [2.24, 2.45) is 0 Å². The number of benzene rings is 4. The Balaban J connectivity index is 1.38. The van der Waals surface area contributed by atoms with Crippen LogP contribution in [0.15, 0.2) is 101 Å². The van der Waals surface area contributed by atoms with Gasteiger partial charge in [0, 0.05) is 17.0 Å². The van der Waals surface area contributed by atoms with Gasteiger partial charge in [0.2, 0.25) is 11.6 Å². The number of pyridine rings is 2. The molecule has 0 unspecified atom stereocenters. The summed E-state index contributed by atoms with van der Waals surface area (Å²) < 4.78 is 13.0. The molecule has 0 saturated carbocycles. The average Bonchev–Trinajstić information content (AvgIpc) is 3.35. The Morgan fingerprint density at radius 3 is 2.12 bits per heavy atom. The normalized spacial score (nSPS) is 12.5. The molecule has 0 fully saturated rings. The number of nitrogens with zero attached hydrogens (tertiary/aromatic N) is 2. The van der Waals surface area contributed by atoms with Gasteiger partial charge in [-0.15, -0.1) is 0 Å². The van der Waals surface area contributed by atoms with Crippen molar-refractivity contribution in [3.05, 3.63) is 108 Å². The van der Waals surface area contributed by atoms with Crippen LogP contribution in [0.5, 0.6) is 11.6 Å². The van der Waals surface area contributed by atoms with Crippen LogP contribution < -0.4 is 4.74 Å². The van der Waals surface area contributed by atoms with Gasteiger partial charge in [0.05, 0.1) is 16.8 Å². The summed E-state index contributed by atoms with van der Waals surface area (Å²) in [7, 11) is 0. The van der Waals surface area contributed by atoms with Crippen LogP contribution in [-0.4, -0.2) is 9.97 Å². The Hall–Kier alpha value is -4.70. The summed E-state index contributed by atoms with van der Waals surface area (Å²) in [5, 5.41) is 4.42. The van der Waals surface area contributed by atoms with E-state index < -0.39 is 0 Å². The van der Waals surface area contributed by atoms with E-state index >= 15 is 0 Å². The first-order valence-electron chi connectivity index (χ1n) is 14.5. The molecule has 3 heterocycles. The topological polar surface area (TPSA) is 48.2 Å². The molecule has 0 spiro atoms. The smallest absolute Gasteiger partial charge is 0.228 e. The lowest BCUT2D eigenvalue weighted by atomic mass is 9.85. The van der Waals surface area contributed by atoms with E-state index in [-0.39, 0.29) is 10.8 Å². The monoisotopic (exact) mass is 550 g/mol. The second kappa shape index (κ2) is 9.42. The highest BCUT2D eigenvalue weighted by Gasteiger charge is 2.23. The predicted octanol–water partition coefficient (Wildman–Crippen LogP) is 10.7. The molecule has 208 valence electrons. The summed E-state index contributed by atoms with van der Waals surface area (Å²) in [6.45, 7) is 13.2. The van der Waals surface area contributed by atoms with Crippen LogP contribution in [0.4, 0.5) is 0 Å². The molecule has 4 heteroatoms. The first kappa shape index (κ1) is 26.2. The third-order valence-corrected chi connectivity index (χ3v) is 8.02. The molecule has 0 bridgehead atoms. The SMILES string of the molecule is CC(C)(C)c1cc(Oc2cc(-c3ccccc3)ccc2C(C)(C)C)nc(-c2cc3ccc4cccc5oc(n2)c3c45)c1. The van der Waals surface area contributed by atoms with Crippen molar-refractivity contribution < 1.29 is 9.15 Å². The zero-order valence-corrected chi connectivity index (χ0v) is 24.9. The van der Waals surface area contributed by atoms with Crippen LogP contribution in [-0.2, 0) is 10.8 Å². The van der Waals surface area contributed by atoms with Gasteiger partial charge in [-0.25, -0.2) is 9.97 Å². The van der Waals surface area contributed by atoms with Crippen molar-refractivity contribution in [3.8, 4) is 34.1 Å².